The Morgan fingerprint density at radius 1 is 1.00 bits per heavy atom. The normalized spacial score (nSPS) is 10.8. The second kappa shape index (κ2) is 7.43. The molecule has 7 heteroatoms. The Morgan fingerprint density at radius 2 is 1.77 bits per heavy atom. The van der Waals surface area contributed by atoms with Crippen molar-refractivity contribution in [2.75, 3.05) is 10.6 Å². The van der Waals surface area contributed by atoms with E-state index in [-0.39, 0.29) is 23.4 Å². The Hall–Kier alpha value is -3.09. The lowest BCUT2D eigenvalue weighted by atomic mass is 10.2. The van der Waals surface area contributed by atoms with Gasteiger partial charge in [-0.15, -0.1) is 0 Å². The van der Waals surface area contributed by atoms with Crippen molar-refractivity contribution in [3.05, 3.63) is 59.8 Å². The number of aryl methyl sites for hydroxylation is 1. The molecule has 26 heavy (non-hydrogen) atoms. The molecule has 0 amide bonds. The van der Waals surface area contributed by atoms with Gasteiger partial charge in [-0.3, -0.25) is 0 Å². The molecule has 134 valence electrons. The van der Waals surface area contributed by atoms with Gasteiger partial charge in [0.05, 0.1) is 0 Å². The molecule has 0 atom stereocenters. The van der Waals surface area contributed by atoms with Crippen LogP contribution in [0.15, 0.2) is 42.6 Å². The fourth-order valence-corrected chi connectivity index (χ4v) is 2.49. The van der Waals surface area contributed by atoms with E-state index >= 15 is 0 Å². The van der Waals surface area contributed by atoms with Crippen LogP contribution in [0.4, 0.5) is 26.1 Å². The zero-order valence-corrected chi connectivity index (χ0v) is 14.7. The Kier molecular flexibility index (Phi) is 5.06. The smallest absolute Gasteiger partial charge is 0.185 e. The van der Waals surface area contributed by atoms with Crippen molar-refractivity contribution >= 4 is 17.3 Å². The van der Waals surface area contributed by atoms with Gasteiger partial charge in [-0.05, 0) is 56.7 Å². The molecular weight excluding hydrogens is 336 g/mol. The van der Waals surface area contributed by atoms with Gasteiger partial charge in [0.2, 0.25) is 0 Å². The van der Waals surface area contributed by atoms with Gasteiger partial charge in [-0.25, -0.2) is 23.7 Å². The van der Waals surface area contributed by atoms with E-state index in [1.165, 1.54) is 30.5 Å². The molecule has 0 aliphatic rings. The predicted molar refractivity (Wildman–Crippen MR) is 98.4 cm³/mol. The highest BCUT2D eigenvalue weighted by molar-refractivity contribution is 5.64. The first-order chi connectivity index (χ1) is 12.4. The van der Waals surface area contributed by atoms with Gasteiger partial charge in [-0.1, -0.05) is 0 Å². The highest BCUT2D eigenvalue weighted by Crippen LogP contribution is 2.24. The SMILES string of the molecule is Cc1cc(F)cc(Nc2cc(NC(C)C)nc(-c3ncccc3F)n2)c1. The molecule has 3 rings (SSSR count). The van der Waals surface area contributed by atoms with Crippen LogP contribution in [0.25, 0.3) is 11.5 Å². The summed E-state index contributed by atoms with van der Waals surface area (Å²) in [5.74, 6) is 0.211. The average molecular weight is 355 g/mol. The number of hydrogen-bond acceptors (Lipinski definition) is 5. The number of aromatic nitrogens is 3. The van der Waals surface area contributed by atoms with E-state index in [1.54, 1.807) is 19.1 Å². The summed E-state index contributed by atoms with van der Waals surface area (Å²) < 4.78 is 27.7. The van der Waals surface area contributed by atoms with Crippen LogP contribution in [0, 0.1) is 18.6 Å². The molecule has 3 aromatic rings. The Balaban J connectivity index is 2.03. The summed E-state index contributed by atoms with van der Waals surface area (Å²) in [7, 11) is 0. The number of nitrogens with one attached hydrogen (secondary N) is 2. The zero-order valence-electron chi connectivity index (χ0n) is 14.7. The lowest BCUT2D eigenvalue weighted by Gasteiger charge is -2.13. The molecule has 0 saturated carbocycles. The number of anilines is 3. The number of pyridine rings is 1. The zero-order chi connectivity index (χ0) is 18.7. The number of halogens is 2. The molecule has 5 nitrogen and oxygen atoms in total. The molecule has 0 radical (unpaired) electrons. The van der Waals surface area contributed by atoms with E-state index in [1.807, 2.05) is 13.8 Å². The van der Waals surface area contributed by atoms with Gasteiger partial charge < -0.3 is 10.6 Å². The number of hydrogen-bond donors (Lipinski definition) is 2. The van der Waals surface area contributed by atoms with Gasteiger partial charge >= 0.3 is 0 Å². The van der Waals surface area contributed by atoms with Crippen molar-refractivity contribution in [1.29, 1.82) is 0 Å². The minimum atomic E-state index is -0.512. The minimum absolute atomic E-state index is 0.0541. The Bertz CT molecular complexity index is 907. The van der Waals surface area contributed by atoms with Gasteiger partial charge in [0.1, 0.15) is 23.1 Å². The van der Waals surface area contributed by atoms with Crippen molar-refractivity contribution in [1.82, 2.24) is 15.0 Å². The van der Waals surface area contributed by atoms with E-state index in [2.05, 4.69) is 25.6 Å². The van der Waals surface area contributed by atoms with Crippen LogP contribution in [0.3, 0.4) is 0 Å². The van der Waals surface area contributed by atoms with Crippen LogP contribution in [0.1, 0.15) is 19.4 Å². The molecule has 0 aliphatic heterocycles. The largest absolute Gasteiger partial charge is 0.368 e. The molecule has 0 fully saturated rings. The molecular formula is C19H19F2N5. The van der Waals surface area contributed by atoms with E-state index in [0.717, 1.165) is 5.56 Å². The summed E-state index contributed by atoms with van der Waals surface area (Å²) in [6.07, 6.45) is 1.48. The topological polar surface area (TPSA) is 62.7 Å². The minimum Gasteiger partial charge on any atom is -0.368 e. The molecule has 0 aliphatic carbocycles. The van der Waals surface area contributed by atoms with Crippen LogP contribution < -0.4 is 10.6 Å². The molecule has 2 heterocycles. The van der Waals surface area contributed by atoms with Crippen LogP contribution in [-0.4, -0.2) is 21.0 Å². The molecule has 0 saturated heterocycles. The van der Waals surface area contributed by atoms with Gasteiger partial charge in [-0.2, -0.15) is 0 Å². The monoisotopic (exact) mass is 355 g/mol. The number of nitrogens with zero attached hydrogens (tertiary/aromatic N) is 3. The van der Waals surface area contributed by atoms with Crippen molar-refractivity contribution in [2.45, 2.75) is 26.8 Å². The molecule has 1 aromatic carbocycles. The maximum absolute atomic E-state index is 14.1. The second-order valence-corrected chi connectivity index (χ2v) is 6.24. The van der Waals surface area contributed by atoms with E-state index in [9.17, 15) is 8.78 Å². The summed E-state index contributed by atoms with van der Waals surface area (Å²) in [5, 5.41) is 6.22. The van der Waals surface area contributed by atoms with Crippen LogP contribution in [-0.2, 0) is 0 Å². The van der Waals surface area contributed by atoms with Crippen molar-refractivity contribution < 1.29 is 8.78 Å². The fraction of sp³-hybridized carbons (Fsp3) is 0.211. The standard InChI is InChI=1S/C19H19F2N5/c1-11(2)23-16-10-17(24-14-8-12(3)7-13(20)9-14)26-19(25-16)18-15(21)5-4-6-22-18/h4-11H,1-3H3,(H2,23,24,25,26). The van der Waals surface area contributed by atoms with Gasteiger partial charge in [0, 0.05) is 24.0 Å². The maximum Gasteiger partial charge on any atom is 0.185 e. The summed E-state index contributed by atoms with van der Waals surface area (Å²) in [6.45, 7) is 5.73. The maximum atomic E-state index is 14.1. The lowest BCUT2D eigenvalue weighted by Crippen LogP contribution is -2.12. The number of rotatable bonds is 5. The number of benzene rings is 1. The third-order valence-corrected chi connectivity index (χ3v) is 3.45. The van der Waals surface area contributed by atoms with E-state index < -0.39 is 5.82 Å². The van der Waals surface area contributed by atoms with Crippen molar-refractivity contribution in [3.8, 4) is 11.5 Å². The molecule has 0 unspecified atom stereocenters. The lowest BCUT2D eigenvalue weighted by molar-refractivity contribution is 0.624. The van der Waals surface area contributed by atoms with E-state index in [4.69, 9.17) is 0 Å². The Morgan fingerprint density at radius 3 is 2.46 bits per heavy atom. The summed E-state index contributed by atoms with van der Waals surface area (Å²) in [4.78, 5) is 12.7. The highest BCUT2D eigenvalue weighted by Gasteiger charge is 2.13. The quantitative estimate of drug-likeness (QED) is 0.695. The molecule has 2 aromatic heterocycles. The first-order valence-electron chi connectivity index (χ1n) is 8.21. The van der Waals surface area contributed by atoms with Crippen LogP contribution >= 0.6 is 0 Å². The fourth-order valence-electron chi connectivity index (χ4n) is 2.49. The summed E-state index contributed by atoms with van der Waals surface area (Å²) in [5.41, 5.74) is 1.38. The molecule has 0 bridgehead atoms. The van der Waals surface area contributed by atoms with Crippen molar-refractivity contribution in [3.63, 3.8) is 0 Å². The predicted octanol–water partition coefficient (Wildman–Crippen LogP) is 4.69. The van der Waals surface area contributed by atoms with Gasteiger partial charge in [0.25, 0.3) is 0 Å². The third-order valence-electron chi connectivity index (χ3n) is 3.45. The second-order valence-electron chi connectivity index (χ2n) is 6.24. The molecule has 0 spiro atoms. The third kappa shape index (κ3) is 4.30. The molecule has 2 N–H and O–H groups in total. The average Bonchev–Trinajstić information content (AvgIpc) is 2.53. The van der Waals surface area contributed by atoms with Crippen LogP contribution in [0.5, 0.6) is 0 Å². The van der Waals surface area contributed by atoms with Crippen LogP contribution in [0.2, 0.25) is 0 Å². The Labute approximate surface area is 150 Å². The first-order valence-corrected chi connectivity index (χ1v) is 8.21. The van der Waals surface area contributed by atoms with E-state index in [0.29, 0.717) is 17.3 Å². The summed E-state index contributed by atoms with van der Waals surface area (Å²) in [6, 6.07) is 9.21. The highest BCUT2D eigenvalue weighted by atomic mass is 19.1. The van der Waals surface area contributed by atoms with Crippen molar-refractivity contribution in [2.24, 2.45) is 0 Å². The summed E-state index contributed by atoms with van der Waals surface area (Å²) >= 11 is 0. The first kappa shape index (κ1) is 17.7. The van der Waals surface area contributed by atoms with Gasteiger partial charge in [0.15, 0.2) is 11.6 Å².